The van der Waals surface area contributed by atoms with Crippen LogP contribution in [0.25, 0.3) is 0 Å². The van der Waals surface area contributed by atoms with Gasteiger partial charge in [0.2, 0.25) is 5.89 Å². The van der Waals surface area contributed by atoms with Gasteiger partial charge in [0.1, 0.15) is 12.1 Å². The van der Waals surface area contributed by atoms with Crippen LogP contribution in [-0.4, -0.2) is 22.3 Å². The number of halogens is 1. The van der Waals surface area contributed by atoms with Gasteiger partial charge in [0.15, 0.2) is 5.69 Å². The van der Waals surface area contributed by atoms with Crippen molar-refractivity contribution in [3.8, 4) is 0 Å². The number of rotatable bonds is 9. The minimum Gasteiger partial charge on any atom is -0.447 e. The second kappa shape index (κ2) is 9.80. The molecular formula is C22H26FN3O2S. The summed E-state index contributed by atoms with van der Waals surface area (Å²) < 4.78 is 18.8. The Morgan fingerprint density at radius 1 is 1.21 bits per heavy atom. The summed E-state index contributed by atoms with van der Waals surface area (Å²) in [6.07, 6.45) is 1.40. The van der Waals surface area contributed by atoms with Crippen molar-refractivity contribution in [2.45, 2.75) is 40.4 Å². The summed E-state index contributed by atoms with van der Waals surface area (Å²) in [4.78, 5) is 20.0. The van der Waals surface area contributed by atoms with Crippen LogP contribution in [0, 0.1) is 18.7 Å². The van der Waals surface area contributed by atoms with Gasteiger partial charge in [-0.05, 0) is 47.5 Å². The number of amides is 1. The van der Waals surface area contributed by atoms with E-state index in [1.165, 1.54) is 28.8 Å². The second-order valence-corrected chi connectivity index (χ2v) is 8.53. The zero-order chi connectivity index (χ0) is 20.8. The summed E-state index contributed by atoms with van der Waals surface area (Å²) in [5, 5.41) is 4.92. The molecule has 0 radical (unpaired) electrons. The van der Waals surface area contributed by atoms with Gasteiger partial charge in [-0.15, -0.1) is 11.3 Å². The van der Waals surface area contributed by atoms with Crippen LogP contribution in [0.15, 0.2) is 46.4 Å². The Bertz CT molecular complexity index is 934. The highest BCUT2D eigenvalue weighted by molar-refractivity contribution is 7.10. The number of benzene rings is 1. The topological polar surface area (TPSA) is 58.4 Å². The first kappa shape index (κ1) is 21.2. The lowest BCUT2D eigenvalue weighted by atomic mass is 10.2. The zero-order valence-electron chi connectivity index (χ0n) is 16.9. The molecule has 0 atom stereocenters. The van der Waals surface area contributed by atoms with Crippen molar-refractivity contribution in [3.05, 3.63) is 75.4 Å². The molecule has 1 aromatic carbocycles. The first-order valence-electron chi connectivity index (χ1n) is 9.63. The van der Waals surface area contributed by atoms with E-state index in [4.69, 9.17) is 4.42 Å². The molecule has 0 saturated heterocycles. The Balaban J connectivity index is 1.71. The van der Waals surface area contributed by atoms with Crippen LogP contribution in [0.5, 0.6) is 0 Å². The molecule has 3 rings (SSSR count). The minimum absolute atomic E-state index is 0.229. The monoisotopic (exact) mass is 415 g/mol. The molecule has 0 saturated carbocycles. The van der Waals surface area contributed by atoms with E-state index < -0.39 is 0 Å². The lowest BCUT2D eigenvalue weighted by molar-refractivity contribution is 0.0944. The summed E-state index contributed by atoms with van der Waals surface area (Å²) in [5.74, 6) is 0.369. The first-order chi connectivity index (χ1) is 13.9. The van der Waals surface area contributed by atoms with Gasteiger partial charge in [-0.2, -0.15) is 0 Å². The van der Waals surface area contributed by atoms with Crippen LogP contribution in [0.2, 0.25) is 0 Å². The third-order valence-corrected chi connectivity index (χ3v) is 5.48. The Labute approximate surface area is 174 Å². The molecule has 0 aliphatic carbocycles. The Hall–Kier alpha value is -2.51. The summed E-state index contributed by atoms with van der Waals surface area (Å²) in [6, 6.07) is 8.59. The number of hydrogen-bond donors (Lipinski definition) is 1. The predicted molar refractivity (Wildman–Crippen MR) is 112 cm³/mol. The largest absolute Gasteiger partial charge is 0.447 e. The molecule has 29 heavy (non-hydrogen) atoms. The van der Waals surface area contributed by atoms with Crippen molar-refractivity contribution in [1.82, 2.24) is 15.2 Å². The lowest BCUT2D eigenvalue weighted by Gasteiger charge is -2.20. The Morgan fingerprint density at radius 3 is 2.62 bits per heavy atom. The third kappa shape index (κ3) is 6.24. The van der Waals surface area contributed by atoms with Gasteiger partial charge in [0.05, 0.1) is 6.54 Å². The number of carbonyl (C=O) groups excluding carboxylic acids is 1. The maximum atomic E-state index is 13.2. The van der Waals surface area contributed by atoms with Crippen molar-refractivity contribution < 1.29 is 13.6 Å². The Kier molecular flexibility index (Phi) is 7.17. The van der Waals surface area contributed by atoms with Crippen LogP contribution in [0.3, 0.4) is 0 Å². The van der Waals surface area contributed by atoms with Crippen molar-refractivity contribution in [3.63, 3.8) is 0 Å². The van der Waals surface area contributed by atoms with Crippen LogP contribution in [-0.2, 0) is 19.6 Å². The smallest absolute Gasteiger partial charge is 0.273 e. The minimum atomic E-state index is -0.251. The van der Waals surface area contributed by atoms with Gasteiger partial charge in [-0.25, -0.2) is 9.37 Å². The van der Waals surface area contributed by atoms with E-state index in [9.17, 15) is 9.18 Å². The highest BCUT2D eigenvalue weighted by Gasteiger charge is 2.17. The van der Waals surface area contributed by atoms with E-state index >= 15 is 0 Å². The molecule has 0 bridgehead atoms. The number of aromatic nitrogens is 1. The SMILES string of the molecule is Cc1ccsc1CN(Cc1ccc(F)cc1)Cc1nc(C(=O)NCC(C)C)co1. The van der Waals surface area contributed by atoms with Crippen molar-refractivity contribution in [2.75, 3.05) is 6.54 Å². The molecule has 0 aliphatic heterocycles. The van der Waals surface area contributed by atoms with E-state index in [1.54, 1.807) is 23.5 Å². The first-order valence-corrected chi connectivity index (χ1v) is 10.5. The fourth-order valence-corrected chi connectivity index (χ4v) is 3.80. The van der Waals surface area contributed by atoms with Gasteiger partial charge < -0.3 is 9.73 Å². The van der Waals surface area contributed by atoms with Gasteiger partial charge in [-0.1, -0.05) is 26.0 Å². The average molecular weight is 416 g/mol. The predicted octanol–water partition coefficient (Wildman–Crippen LogP) is 4.77. The quantitative estimate of drug-likeness (QED) is 0.547. The maximum absolute atomic E-state index is 13.2. The van der Waals surface area contributed by atoms with Crippen LogP contribution in [0.1, 0.15) is 46.2 Å². The van der Waals surface area contributed by atoms with Gasteiger partial charge >= 0.3 is 0 Å². The zero-order valence-corrected chi connectivity index (χ0v) is 17.8. The van der Waals surface area contributed by atoms with Crippen molar-refractivity contribution in [2.24, 2.45) is 5.92 Å². The number of oxazole rings is 1. The van der Waals surface area contributed by atoms with Crippen LogP contribution in [0.4, 0.5) is 4.39 Å². The van der Waals surface area contributed by atoms with E-state index in [2.05, 4.69) is 33.6 Å². The van der Waals surface area contributed by atoms with E-state index in [1.807, 2.05) is 13.8 Å². The molecule has 1 amide bonds. The molecule has 7 heteroatoms. The van der Waals surface area contributed by atoms with Crippen molar-refractivity contribution in [1.29, 1.82) is 0 Å². The highest BCUT2D eigenvalue weighted by atomic mass is 32.1. The van der Waals surface area contributed by atoms with Gasteiger partial charge in [-0.3, -0.25) is 9.69 Å². The number of aryl methyl sites for hydroxylation is 1. The molecule has 0 aliphatic rings. The molecule has 3 aromatic rings. The molecule has 1 N–H and O–H groups in total. The fraction of sp³-hybridized carbons (Fsp3) is 0.364. The number of nitrogens with zero attached hydrogens (tertiary/aromatic N) is 2. The number of thiophene rings is 1. The van der Waals surface area contributed by atoms with Crippen molar-refractivity contribution >= 4 is 17.2 Å². The normalized spacial score (nSPS) is 11.4. The molecule has 2 heterocycles. The van der Waals surface area contributed by atoms with Gasteiger partial charge in [0, 0.05) is 24.5 Å². The fourth-order valence-electron chi connectivity index (χ4n) is 2.85. The molecule has 0 fully saturated rings. The average Bonchev–Trinajstić information content (AvgIpc) is 3.31. The second-order valence-electron chi connectivity index (χ2n) is 7.53. The molecular weight excluding hydrogens is 389 g/mol. The van der Waals surface area contributed by atoms with Crippen LogP contribution < -0.4 is 5.32 Å². The molecule has 5 nitrogen and oxygen atoms in total. The molecule has 0 unspecified atom stereocenters. The summed E-state index contributed by atoms with van der Waals surface area (Å²) in [5.41, 5.74) is 2.53. The van der Waals surface area contributed by atoms with E-state index in [0.29, 0.717) is 31.4 Å². The number of nitrogens with one attached hydrogen (secondary N) is 1. The summed E-state index contributed by atoms with van der Waals surface area (Å²) >= 11 is 1.70. The highest BCUT2D eigenvalue weighted by Crippen LogP contribution is 2.21. The summed E-state index contributed by atoms with van der Waals surface area (Å²) in [6.45, 7) is 8.54. The maximum Gasteiger partial charge on any atom is 0.273 e. The number of hydrogen-bond acceptors (Lipinski definition) is 5. The third-order valence-electron chi connectivity index (χ3n) is 4.47. The molecule has 154 valence electrons. The lowest BCUT2D eigenvalue weighted by Crippen LogP contribution is -2.27. The van der Waals surface area contributed by atoms with Gasteiger partial charge in [0.25, 0.3) is 5.91 Å². The Morgan fingerprint density at radius 2 is 1.97 bits per heavy atom. The molecule has 0 spiro atoms. The standard InChI is InChI=1S/C22H26FN3O2S/c1-15(2)10-24-22(27)19-14-28-21(25-19)13-26(12-20-16(3)8-9-29-20)11-17-4-6-18(23)7-5-17/h4-9,14-15H,10-13H2,1-3H3,(H,24,27). The van der Waals surface area contributed by atoms with E-state index in [-0.39, 0.29) is 17.4 Å². The van der Waals surface area contributed by atoms with E-state index in [0.717, 1.165) is 12.1 Å². The van der Waals surface area contributed by atoms with Crippen LogP contribution >= 0.6 is 11.3 Å². The number of carbonyl (C=O) groups is 1. The molecule has 2 aromatic heterocycles. The summed E-state index contributed by atoms with van der Waals surface area (Å²) in [7, 11) is 0.